The average Bonchev–Trinajstić information content (AvgIpc) is 2.87. The van der Waals surface area contributed by atoms with Crippen LogP contribution in [0.2, 0.25) is 0 Å². The topological polar surface area (TPSA) is 29.1 Å². The van der Waals surface area contributed by atoms with Crippen LogP contribution in [0, 0.1) is 0 Å². The van der Waals surface area contributed by atoms with Gasteiger partial charge in [0.05, 0.1) is 5.54 Å². The molecule has 2 heteroatoms. The van der Waals surface area contributed by atoms with Crippen LogP contribution in [-0.4, -0.2) is 17.9 Å². The van der Waals surface area contributed by atoms with Gasteiger partial charge in [-0.2, -0.15) is 0 Å². The first-order chi connectivity index (χ1) is 9.19. The number of hydrogen-bond acceptors (Lipinski definition) is 2. The number of rotatable bonds is 3. The Kier molecular flexibility index (Phi) is 3.44. The number of aryl methyl sites for hydroxylation is 1. The predicted molar refractivity (Wildman–Crippen MR) is 77.4 cm³/mol. The van der Waals surface area contributed by atoms with Gasteiger partial charge in [0, 0.05) is 6.42 Å². The fourth-order valence-corrected chi connectivity index (χ4v) is 3.65. The quantitative estimate of drug-likeness (QED) is 0.901. The molecule has 1 aromatic rings. The van der Waals surface area contributed by atoms with Crippen molar-refractivity contribution < 1.29 is 4.79 Å². The van der Waals surface area contributed by atoms with Gasteiger partial charge in [-0.3, -0.25) is 4.79 Å². The van der Waals surface area contributed by atoms with Gasteiger partial charge in [0.2, 0.25) is 0 Å². The molecule has 102 valence electrons. The summed E-state index contributed by atoms with van der Waals surface area (Å²) in [6, 6.07) is 8.67. The van der Waals surface area contributed by atoms with E-state index in [1.54, 1.807) is 0 Å². The maximum atomic E-state index is 12.6. The molecular formula is C17H23NO. The first kappa shape index (κ1) is 12.9. The van der Waals surface area contributed by atoms with Crippen molar-refractivity contribution in [3.05, 3.63) is 35.4 Å². The second-order valence-electron chi connectivity index (χ2n) is 6.28. The lowest BCUT2D eigenvalue weighted by molar-refractivity contribution is -0.124. The summed E-state index contributed by atoms with van der Waals surface area (Å²) >= 11 is 0. The smallest absolute Gasteiger partial charge is 0.153 e. The molecule has 1 N–H and O–H groups in total. The minimum absolute atomic E-state index is 0.258. The van der Waals surface area contributed by atoms with Crippen molar-refractivity contribution in [1.82, 2.24) is 5.32 Å². The van der Waals surface area contributed by atoms with Crippen LogP contribution in [0.5, 0.6) is 0 Å². The Morgan fingerprint density at radius 3 is 3.00 bits per heavy atom. The van der Waals surface area contributed by atoms with Crippen molar-refractivity contribution in [2.24, 2.45) is 0 Å². The van der Waals surface area contributed by atoms with Crippen LogP contribution < -0.4 is 5.32 Å². The minimum Gasteiger partial charge on any atom is -0.305 e. The average molecular weight is 257 g/mol. The van der Waals surface area contributed by atoms with Crippen LogP contribution in [0.4, 0.5) is 0 Å². The number of nitrogens with one attached hydrogen (secondary N) is 1. The van der Waals surface area contributed by atoms with Crippen LogP contribution in [0.1, 0.15) is 56.1 Å². The molecule has 2 unspecified atom stereocenters. The van der Waals surface area contributed by atoms with E-state index in [1.807, 2.05) is 0 Å². The Bertz CT molecular complexity index is 474. The van der Waals surface area contributed by atoms with Gasteiger partial charge < -0.3 is 5.32 Å². The number of ketones is 1. The largest absolute Gasteiger partial charge is 0.305 e. The van der Waals surface area contributed by atoms with Gasteiger partial charge >= 0.3 is 0 Å². The third-order valence-corrected chi connectivity index (χ3v) is 4.91. The molecule has 1 aliphatic carbocycles. The van der Waals surface area contributed by atoms with Gasteiger partial charge in [0.15, 0.2) is 5.78 Å². The van der Waals surface area contributed by atoms with E-state index in [2.05, 4.69) is 36.5 Å². The standard InChI is InChI=1S/C17H23NO/c1-17(10-5-11-18-17)16(19)12-14-8-4-7-13-6-2-3-9-15(13)14/h2-3,6,9,14,18H,4-5,7-8,10-12H2,1H3. The van der Waals surface area contributed by atoms with E-state index >= 15 is 0 Å². The van der Waals surface area contributed by atoms with Gasteiger partial charge in [-0.25, -0.2) is 0 Å². The molecule has 1 heterocycles. The van der Waals surface area contributed by atoms with E-state index in [9.17, 15) is 4.79 Å². The van der Waals surface area contributed by atoms with E-state index in [-0.39, 0.29) is 5.54 Å². The summed E-state index contributed by atoms with van der Waals surface area (Å²) in [7, 11) is 0. The summed E-state index contributed by atoms with van der Waals surface area (Å²) in [6.45, 7) is 3.07. The van der Waals surface area contributed by atoms with Crippen molar-refractivity contribution in [2.75, 3.05) is 6.54 Å². The van der Waals surface area contributed by atoms with Crippen molar-refractivity contribution >= 4 is 5.78 Å². The monoisotopic (exact) mass is 257 g/mol. The van der Waals surface area contributed by atoms with Gasteiger partial charge in [-0.05, 0) is 62.6 Å². The zero-order valence-corrected chi connectivity index (χ0v) is 11.7. The lowest BCUT2D eigenvalue weighted by Gasteiger charge is -2.29. The molecule has 0 aromatic heterocycles. The van der Waals surface area contributed by atoms with Crippen molar-refractivity contribution in [3.8, 4) is 0 Å². The summed E-state index contributed by atoms with van der Waals surface area (Å²) in [6.07, 6.45) is 6.40. The molecule has 1 saturated heterocycles. The van der Waals surface area contributed by atoms with Crippen molar-refractivity contribution in [1.29, 1.82) is 0 Å². The number of hydrogen-bond donors (Lipinski definition) is 1. The van der Waals surface area contributed by atoms with Gasteiger partial charge in [0.1, 0.15) is 0 Å². The molecule has 0 spiro atoms. The molecule has 2 aliphatic rings. The molecule has 1 fully saturated rings. The molecular weight excluding hydrogens is 234 g/mol. The summed E-state index contributed by atoms with van der Waals surface area (Å²) in [5.74, 6) is 0.850. The molecule has 1 aliphatic heterocycles. The van der Waals surface area contributed by atoms with E-state index in [0.717, 1.165) is 19.4 Å². The normalized spacial score (nSPS) is 30.1. The van der Waals surface area contributed by atoms with Crippen LogP contribution in [0.3, 0.4) is 0 Å². The van der Waals surface area contributed by atoms with Crippen LogP contribution in [-0.2, 0) is 11.2 Å². The molecule has 3 rings (SSSR count). The molecule has 0 saturated carbocycles. The predicted octanol–water partition coefficient (Wildman–Crippen LogP) is 3.21. The third-order valence-electron chi connectivity index (χ3n) is 4.91. The third kappa shape index (κ3) is 2.46. The highest BCUT2D eigenvalue weighted by Gasteiger charge is 2.37. The molecule has 19 heavy (non-hydrogen) atoms. The maximum Gasteiger partial charge on any atom is 0.153 e. The zero-order chi connectivity index (χ0) is 13.3. The van der Waals surface area contributed by atoms with E-state index < -0.39 is 0 Å². The van der Waals surface area contributed by atoms with Gasteiger partial charge in [-0.15, -0.1) is 0 Å². The van der Waals surface area contributed by atoms with Crippen molar-refractivity contribution in [3.63, 3.8) is 0 Å². The molecule has 0 radical (unpaired) electrons. The number of fused-ring (bicyclic) bond motifs is 1. The zero-order valence-electron chi connectivity index (χ0n) is 11.7. The second-order valence-corrected chi connectivity index (χ2v) is 6.28. The van der Waals surface area contributed by atoms with Crippen molar-refractivity contribution in [2.45, 2.75) is 56.9 Å². The summed E-state index contributed by atoms with van der Waals surface area (Å²) < 4.78 is 0. The highest BCUT2D eigenvalue weighted by molar-refractivity contribution is 5.89. The highest BCUT2D eigenvalue weighted by atomic mass is 16.1. The fourth-order valence-electron chi connectivity index (χ4n) is 3.65. The summed E-state index contributed by atoms with van der Waals surface area (Å²) in [5, 5.41) is 3.40. The SMILES string of the molecule is CC1(C(=O)CC2CCCc3ccccc32)CCCN1. The number of carbonyl (C=O) groups is 1. The van der Waals surface area contributed by atoms with Gasteiger partial charge in [-0.1, -0.05) is 24.3 Å². The van der Waals surface area contributed by atoms with E-state index in [4.69, 9.17) is 0 Å². The van der Waals surface area contributed by atoms with Crippen LogP contribution in [0.25, 0.3) is 0 Å². The lowest BCUT2D eigenvalue weighted by atomic mass is 9.77. The van der Waals surface area contributed by atoms with E-state index in [0.29, 0.717) is 18.1 Å². The number of Topliss-reactive ketones (excluding diaryl/α,β-unsaturated/α-hetero) is 1. The summed E-state index contributed by atoms with van der Waals surface area (Å²) in [4.78, 5) is 12.6. The Morgan fingerprint density at radius 2 is 2.21 bits per heavy atom. The highest BCUT2D eigenvalue weighted by Crippen LogP contribution is 2.35. The fraction of sp³-hybridized carbons (Fsp3) is 0.588. The van der Waals surface area contributed by atoms with Gasteiger partial charge in [0.25, 0.3) is 0 Å². The van der Waals surface area contributed by atoms with Crippen LogP contribution >= 0.6 is 0 Å². The second kappa shape index (κ2) is 5.09. The number of carbonyl (C=O) groups excluding carboxylic acids is 1. The van der Waals surface area contributed by atoms with E-state index in [1.165, 1.54) is 30.4 Å². The van der Waals surface area contributed by atoms with Crippen LogP contribution in [0.15, 0.2) is 24.3 Å². The minimum atomic E-state index is -0.258. The molecule has 0 amide bonds. The summed E-state index contributed by atoms with van der Waals surface area (Å²) in [5.41, 5.74) is 2.62. The molecule has 2 nitrogen and oxygen atoms in total. The Hall–Kier alpha value is -1.15. The maximum absolute atomic E-state index is 12.6. The molecule has 1 aromatic carbocycles. The Balaban J connectivity index is 1.76. The molecule has 2 atom stereocenters. The first-order valence-corrected chi connectivity index (χ1v) is 7.55. The Morgan fingerprint density at radius 1 is 1.37 bits per heavy atom. The molecule has 0 bridgehead atoms. The Labute approximate surface area is 115 Å². The lowest BCUT2D eigenvalue weighted by Crippen LogP contribution is -2.45. The number of benzene rings is 1. The first-order valence-electron chi connectivity index (χ1n) is 7.55.